The lowest BCUT2D eigenvalue weighted by molar-refractivity contribution is -0.130. The van der Waals surface area contributed by atoms with Gasteiger partial charge in [-0.05, 0) is 53.9 Å². The third-order valence-corrected chi connectivity index (χ3v) is 6.22. The van der Waals surface area contributed by atoms with Crippen LogP contribution in [0.3, 0.4) is 0 Å². The van der Waals surface area contributed by atoms with E-state index >= 15 is 0 Å². The predicted octanol–water partition coefficient (Wildman–Crippen LogP) is 4.14. The van der Waals surface area contributed by atoms with E-state index < -0.39 is 0 Å². The summed E-state index contributed by atoms with van der Waals surface area (Å²) in [6.07, 6.45) is 5.29. The van der Waals surface area contributed by atoms with Crippen molar-refractivity contribution < 1.29 is 4.79 Å². The van der Waals surface area contributed by atoms with Gasteiger partial charge in [-0.15, -0.1) is 0 Å². The molecule has 3 aliphatic rings. The summed E-state index contributed by atoms with van der Waals surface area (Å²) in [5, 5.41) is 3.90. The molecular weight excluding hydrogens is 320 g/mol. The Kier molecular flexibility index (Phi) is 4.05. The molecule has 134 valence electrons. The molecule has 0 aromatic heterocycles. The summed E-state index contributed by atoms with van der Waals surface area (Å²) < 4.78 is 0. The van der Waals surface area contributed by atoms with E-state index in [0.717, 1.165) is 31.8 Å². The Labute approximate surface area is 155 Å². The molecule has 1 unspecified atom stereocenters. The molecule has 0 spiro atoms. The van der Waals surface area contributed by atoms with Gasteiger partial charge < -0.3 is 10.2 Å². The summed E-state index contributed by atoms with van der Waals surface area (Å²) in [4.78, 5) is 14.6. The Hall–Kier alpha value is -2.13. The van der Waals surface area contributed by atoms with Crippen LogP contribution >= 0.6 is 0 Å². The van der Waals surface area contributed by atoms with E-state index in [1.165, 1.54) is 35.1 Å². The van der Waals surface area contributed by atoms with E-state index in [9.17, 15) is 4.79 Å². The van der Waals surface area contributed by atoms with Gasteiger partial charge in [-0.2, -0.15) is 0 Å². The maximum absolute atomic E-state index is 12.5. The first-order valence-electron chi connectivity index (χ1n) is 10.0. The number of likely N-dealkylation sites (tertiary alicyclic amines) is 1. The number of benzene rings is 2. The van der Waals surface area contributed by atoms with Gasteiger partial charge in [0.15, 0.2) is 0 Å². The number of nitrogens with one attached hydrogen (secondary N) is 1. The summed E-state index contributed by atoms with van der Waals surface area (Å²) in [6.45, 7) is 1.89. The van der Waals surface area contributed by atoms with Gasteiger partial charge >= 0.3 is 0 Å². The Balaban J connectivity index is 1.35. The minimum atomic E-state index is 0.248. The standard InChI is InChI=1S/C23H26N2O/c26-22-12-11-17(13-14-25(22)15-16-9-10-16)24-23-20-7-3-1-5-18(20)19-6-2-4-8-21(19)23/h1-8,16-17,23-24H,9-15H2. The Morgan fingerprint density at radius 1 is 0.885 bits per heavy atom. The van der Waals surface area contributed by atoms with Gasteiger partial charge in [0, 0.05) is 25.6 Å². The number of hydrogen-bond donors (Lipinski definition) is 1. The molecule has 1 N–H and O–H groups in total. The minimum Gasteiger partial charge on any atom is -0.342 e. The lowest BCUT2D eigenvalue weighted by Gasteiger charge is -2.24. The zero-order valence-electron chi connectivity index (χ0n) is 15.2. The van der Waals surface area contributed by atoms with Crippen molar-refractivity contribution in [2.45, 2.75) is 44.2 Å². The molecular formula is C23H26N2O. The maximum atomic E-state index is 12.5. The molecule has 1 saturated heterocycles. The van der Waals surface area contributed by atoms with Crippen LogP contribution in [-0.4, -0.2) is 29.9 Å². The van der Waals surface area contributed by atoms with Crippen molar-refractivity contribution in [2.24, 2.45) is 5.92 Å². The molecule has 1 aliphatic heterocycles. The molecule has 0 bridgehead atoms. The van der Waals surface area contributed by atoms with Crippen molar-refractivity contribution >= 4 is 5.91 Å². The van der Waals surface area contributed by atoms with E-state index in [1.807, 2.05) is 0 Å². The van der Waals surface area contributed by atoms with Crippen LogP contribution in [0.2, 0.25) is 0 Å². The second-order valence-corrected chi connectivity index (χ2v) is 8.08. The molecule has 1 saturated carbocycles. The van der Waals surface area contributed by atoms with Crippen LogP contribution in [-0.2, 0) is 4.79 Å². The molecule has 1 heterocycles. The largest absolute Gasteiger partial charge is 0.342 e. The second-order valence-electron chi connectivity index (χ2n) is 8.08. The highest BCUT2D eigenvalue weighted by atomic mass is 16.2. The number of carbonyl (C=O) groups is 1. The van der Waals surface area contributed by atoms with Crippen LogP contribution in [0.15, 0.2) is 48.5 Å². The molecule has 2 aromatic carbocycles. The number of hydrogen-bond acceptors (Lipinski definition) is 2. The normalized spacial score (nSPS) is 22.8. The Morgan fingerprint density at radius 3 is 2.19 bits per heavy atom. The van der Waals surface area contributed by atoms with Crippen molar-refractivity contribution in [1.82, 2.24) is 10.2 Å². The highest BCUT2D eigenvalue weighted by Crippen LogP contribution is 2.43. The fraction of sp³-hybridized carbons (Fsp3) is 0.435. The fourth-order valence-electron chi connectivity index (χ4n) is 4.58. The number of rotatable bonds is 4. The maximum Gasteiger partial charge on any atom is 0.222 e. The quantitative estimate of drug-likeness (QED) is 0.902. The first-order valence-corrected chi connectivity index (χ1v) is 10.0. The highest BCUT2D eigenvalue weighted by molar-refractivity contribution is 5.78. The van der Waals surface area contributed by atoms with Crippen LogP contribution in [0, 0.1) is 5.92 Å². The van der Waals surface area contributed by atoms with Crippen LogP contribution in [0.1, 0.15) is 49.3 Å². The molecule has 1 atom stereocenters. The van der Waals surface area contributed by atoms with Gasteiger partial charge in [0.05, 0.1) is 6.04 Å². The summed E-state index contributed by atoms with van der Waals surface area (Å²) in [6, 6.07) is 18.1. The van der Waals surface area contributed by atoms with Gasteiger partial charge in [-0.3, -0.25) is 4.79 Å². The van der Waals surface area contributed by atoms with Crippen molar-refractivity contribution in [3.63, 3.8) is 0 Å². The molecule has 2 aromatic rings. The van der Waals surface area contributed by atoms with Gasteiger partial charge in [-0.1, -0.05) is 48.5 Å². The number of carbonyl (C=O) groups excluding carboxylic acids is 1. The fourth-order valence-corrected chi connectivity index (χ4v) is 4.58. The molecule has 1 amide bonds. The van der Waals surface area contributed by atoms with E-state index in [1.54, 1.807) is 0 Å². The van der Waals surface area contributed by atoms with Crippen LogP contribution in [0.5, 0.6) is 0 Å². The monoisotopic (exact) mass is 346 g/mol. The Bertz CT molecular complexity index is 781. The summed E-state index contributed by atoms with van der Waals surface area (Å²) >= 11 is 0. The zero-order chi connectivity index (χ0) is 17.5. The van der Waals surface area contributed by atoms with E-state index in [4.69, 9.17) is 0 Å². The average Bonchev–Trinajstić information content (AvgIpc) is 3.47. The summed E-state index contributed by atoms with van der Waals surface area (Å²) in [5.41, 5.74) is 5.44. The van der Waals surface area contributed by atoms with Gasteiger partial charge in [0.25, 0.3) is 0 Å². The van der Waals surface area contributed by atoms with E-state index in [0.29, 0.717) is 18.4 Å². The third kappa shape index (κ3) is 2.95. The van der Waals surface area contributed by atoms with Crippen LogP contribution in [0.25, 0.3) is 11.1 Å². The average molecular weight is 346 g/mol. The van der Waals surface area contributed by atoms with Crippen molar-refractivity contribution in [3.8, 4) is 11.1 Å². The SMILES string of the molecule is O=C1CCC(NC2c3ccccc3-c3ccccc32)CCN1CC1CC1. The van der Waals surface area contributed by atoms with Crippen molar-refractivity contribution in [1.29, 1.82) is 0 Å². The smallest absolute Gasteiger partial charge is 0.222 e. The van der Waals surface area contributed by atoms with Crippen molar-refractivity contribution in [2.75, 3.05) is 13.1 Å². The molecule has 2 aliphatic carbocycles. The van der Waals surface area contributed by atoms with Crippen molar-refractivity contribution in [3.05, 3.63) is 59.7 Å². The molecule has 3 heteroatoms. The topological polar surface area (TPSA) is 32.3 Å². The second kappa shape index (κ2) is 6.55. The molecule has 5 rings (SSSR count). The first-order chi connectivity index (χ1) is 12.8. The van der Waals surface area contributed by atoms with Crippen LogP contribution in [0.4, 0.5) is 0 Å². The molecule has 3 nitrogen and oxygen atoms in total. The molecule has 0 radical (unpaired) electrons. The number of amides is 1. The molecule has 26 heavy (non-hydrogen) atoms. The summed E-state index contributed by atoms with van der Waals surface area (Å²) in [7, 11) is 0. The number of nitrogens with zero attached hydrogens (tertiary/aromatic N) is 1. The van der Waals surface area contributed by atoms with Crippen LogP contribution < -0.4 is 5.32 Å². The van der Waals surface area contributed by atoms with Gasteiger partial charge in [-0.25, -0.2) is 0 Å². The van der Waals surface area contributed by atoms with Gasteiger partial charge in [0.2, 0.25) is 5.91 Å². The van der Waals surface area contributed by atoms with Gasteiger partial charge in [0.1, 0.15) is 0 Å². The van der Waals surface area contributed by atoms with E-state index in [-0.39, 0.29) is 6.04 Å². The lowest BCUT2D eigenvalue weighted by atomic mass is 10.0. The lowest BCUT2D eigenvalue weighted by Crippen LogP contribution is -2.35. The zero-order valence-corrected chi connectivity index (χ0v) is 15.2. The minimum absolute atomic E-state index is 0.248. The molecule has 2 fully saturated rings. The first kappa shape index (κ1) is 16.1. The third-order valence-electron chi connectivity index (χ3n) is 6.22. The number of fused-ring (bicyclic) bond motifs is 3. The van der Waals surface area contributed by atoms with E-state index in [2.05, 4.69) is 58.7 Å². The highest BCUT2D eigenvalue weighted by Gasteiger charge is 2.32. The summed E-state index contributed by atoms with van der Waals surface area (Å²) in [5.74, 6) is 1.13. The predicted molar refractivity (Wildman–Crippen MR) is 104 cm³/mol. The Morgan fingerprint density at radius 2 is 1.54 bits per heavy atom.